The molecule has 1 aromatic heterocycles. The molecule has 0 radical (unpaired) electrons. The molecule has 0 amide bonds. The second-order valence-corrected chi connectivity index (χ2v) is 5.92. The molecule has 8 nitrogen and oxygen atoms in total. The van der Waals surface area contributed by atoms with Crippen LogP contribution in [0.1, 0.15) is 5.56 Å². The van der Waals surface area contributed by atoms with Gasteiger partial charge in [-0.15, -0.1) is 0 Å². The van der Waals surface area contributed by atoms with E-state index in [1.54, 1.807) is 0 Å². The molecule has 1 aromatic carbocycles. The number of fused-ring (bicyclic) bond motifs is 1. The van der Waals surface area contributed by atoms with Crippen molar-refractivity contribution in [2.75, 3.05) is 43.6 Å². The Balaban J connectivity index is 1.39. The van der Waals surface area contributed by atoms with E-state index in [1.165, 1.54) is 11.9 Å². The average molecular weight is 329 g/mol. The van der Waals surface area contributed by atoms with Gasteiger partial charge in [-0.1, -0.05) is 6.07 Å². The van der Waals surface area contributed by atoms with Gasteiger partial charge in [0.15, 0.2) is 17.3 Å². The van der Waals surface area contributed by atoms with Gasteiger partial charge < -0.3 is 25.1 Å². The number of nitrogens with two attached hydrogens (primary N) is 1. The summed E-state index contributed by atoms with van der Waals surface area (Å²) in [7, 11) is 0. The Morgan fingerprint density at radius 2 is 1.96 bits per heavy atom. The Morgan fingerprint density at radius 3 is 2.79 bits per heavy atom. The monoisotopic (exact) mass is 329 g/mol. The molecule has 2 aliphatic heterocycles. The number of nitrogens with one attached hydrogen (secondary N) is 1. The van der Waals surface area contributed by atoms with Gasteiger partial charge in [-0.3, -0.25) is 9.69 Å². The molecular formula is C16H19N5O3. The molecule has 126 valence electrons. The number of piperazine rings is 1. The lowest BCUT2D eigenvalue weighted by Crippen LogP contribution is -2.46. The van der Waals surface area contributed by atoms with Crippen molar-refractivity contribution >= 4 is 11.5 Å². The van der Waals surface area contributed by atoms with E-state index < -0.39 is 0 Å². The van der Waals surface area contributed by atoms with Gasteiger partial charge in [-0.05, 0) is 17.7 Å². The van der Waals surface area contributed by atoms with Gasteiger partial charge >= 0.3 is 0 Å². The summed E-state index contributed by atoms with van der Waals surface area (Å²) in [6, 6.07) is 6.05. The molecule has 0 saturated carbocycles. The Labute approximate surface area is 138 Å². The van der Waals surface area contributed by atoms with Crippen molar-refractivity contribution in [2.24, 2.45) is 0 Å². The zero-order chi connectivity index (χ0) is 16.5. The number of H-pyrrole nitrogens is 1. The molecule has 0 atom stereocenters. The number of hydrogen-bond acceptors (Lipinski definition) is 7. The van der Waals surface area contributed by atoms with E-state index in [4.69, 9.17) is 15.2 Å². The molecule has 3 heterocycles. The first-order chi connectivity index (χ1) is 11.7. The highest BCUT2D eigenvalue weighted by Crippen LogP contribution is 2.32. The molecular weight excluding hydrogens is 310 g/mol. The first-order valence-electron chi connectivity index (χ1n) is 7.90. The van der Waals surface area contributed by atoms with Gasteiger partial charge in [0, 0.05) is 32.7 Å². The number of hydrogen-bond donors (Lipinski definition) is 2. The fourth-order valence-corrected chi connectivity index (χ4v) is 3.07. The summed E-state index contributed by atoms with van der Waals surface area (Å²) >= 11 is 0. The number of nitrogens with zero attached hydrogens (tertiary/aromatic N) is 3. The summed E-state index contributed by atoms with van der Waals surface area (Å²) in [6.45, 7) is 4.46. The maximum absolute atomic E-state index is 11.6. The fourth-order valence-electron chi connectivity index (χ4n) is 3.07. The lowest BCUT2D eigenvalue weighted by Gasteiger charge is -2.35. The third-order valence-corrected chi connectivity index (χ3v) is 4.38. The Hall–Kier alpha value is -2.74. The maximum atomic E-state index is 11.6. The van der Waals surface area contributed by atoms with Crippen molar-refractivity contribution in [3.05, 3.63) is 40.4 Å². The van der Waals surface area contributed by atoms with Gasteiger partial charge in [-0.2, -0.15) is 0 Å². The predicted molar refractivity (Wildman–Crippen MR) is 89.3 cm³/mol. The van der Waals surface area contributed by atoms with E-state index in [-0.39, 0.29) is 11.2 Å². The second kappa shape index (κ2) is 6.04. The minimum Gasteiger partial charge on any atom is -0.454 e. The van der Waals surface area contributed by atoms with Crippen molar-refractivity contribution in [1.29, 1.82) is 0 Å². The predicted octanol–water partition coefficient (Wildman–Crippen LogP) is 0.403. The highest BCUT2D eigenvalue weighted by molar-refractivity contribution is 5.61. The van der Waals surface area contributed by atoms with Crippen molar-refractivity contribution in [3.8, 4) is 11.5 Å². The molecule has 2 aromatic rings. The fraction of sp³-hybridized carbons (Fsp3) is 0.375. The first-order valence-corrected chi connectivity index (χ1v) is 7.90. The van der Waals surface area contributed by atoms with Crippen LogP contribution in [0.4, 0.5) is 11.5 Å². The Morgan fingerprint density at radius 1 is 1.17 bits per heavy atom. The summed E-state index contributed by atoms with van der Waals surface area (Å²) in [4.78, 5) is 22.7. The molecule has 4 rings (SSSR count). The van der Waals surface area contributed by atoms with Crippen LogP contribution < -0.4 is 25.7 Å². The van der Waals surface area contributed by atoms with Crippen LogP contribution in [-0.2, 0) is 6.54 Å². The highest BCUT2D eigenvalue weighted by Gasteiger charge is 2.21. The van der Waals surface area contributed by atoms with E-state index in [0.29, 0.717) is 12.6 Å². The maximum Gasteiger partial charge on any atom is 0.276 e. The zero-order valence-corrected chi connectivity index (χ0v) is 13.2. The SMILES string of the molecule is Nc1c(N2CCN(Cc3ccc4c(c3)OCO4)CC2)nc[nH]c1=O. The topological polar surface area (TPSA) is 96.7 Å². The number of rotatable bonds is 3. The number of aromatic nitrogens is 2. The standard InChI is InChI=1S/C16H19N5O3/c17-14-15(18-9-19-16(14)22)21-5-3-20(4-6-21)8-11-1-2-12-13(7-11)24-10-23-12/h1-2,7,9H,3-6,8,10,17H2,(H,18,19,22). The highest BCUT2D eigenvalue weighted by atomic mass is 16.7. The summed E-state index contributed by atoms with van der Waals surface area (Å²) in [5, 5.41) is 0. The molecule has 24 heavy (non-hydrogen) atoms. The number of nitrogen functional groups attached to an aromatic ring is 1. The minimum absolute atomic E-state index is 0.182. The third-order valence-electron chi connectivity index (χ3n) is 4.38. The van der Waals surface area contributed by atoms with Crippen LogP contribution in [0.2, 0.25) is 0 Å². The van der Waals surface area contributed by atoms with Crippen LogP contribution in [0, 0.1) is 0 Å². The van der Waals surface area contributed by atoms with E-state index in [1.807, 2.05) is 12.1 Å². The van der Waals surface area contributed by atoms with Crippen molar-refractivity contribution < 1.29 is 9.47 Å². The van der Waals surface area contributed by atoms with Crippen molar-refractivity contribution in [2.45, 2.75) is 6.54 Å². The number of anilines is 2. The lowest BCUT2D eigenvalue weighted by atomic mass is 10.1. The summed E-state index contributed by atoms with van der Waals surface area (Å²) in [5.41, 5.74) is 6.93. The van der Waals surface area contributed by atoms with Crippen molar-refractivity contribution in [1.82, 2.24) is 14.9 Å². The molecule has 2 aliphatic rings. The van der Waals surface area contributed by atoms with E-state index in [9.17, 15) is 4.79 Å². The van der Waals surface area contributed by atoms with Crippen LogP contribution in [0.5, 0.6) is 11.5 Å². The van der Waals surface area contributed by atoms with Crippen LogP contribution >= 0.6 is 0 Å². The van der Waals surface area contributed by atoms with Crippen LogP contribution in [0.15, 0.2) is 29.3 Å². The molecule has 3 N–H and O–H groups in total. The Bertz CT molecular complexity index is 799. The van der Waals surface area contributed by atoms with Gasteiger partial charge in [-0.25, -0.2) is 4.98 Å². The van der Waals surface area contributed by atoms with E-state index in [2.05, 4.69) is 25.8 Å². The number of aromatic amines is 1. The molecule has 8 heteroatoms. The number of benzene rings is 1. The van der Waals surface area contributed by atoms with E-state index in [0.717, 1.165) is 44.2 Å². The molecule has 1 saturated heterocycles. The largest absolute Gasteiger partial charge is 0.454 e. The summed E-state index contributed by atoms with van der Waals surface area (Å²) < 4.78 is 10.8. The lowest BCUT2D eigenvalue weighted by molar-refractivity contribution is 0.174. The number of ether oxygens (including phenoxy) is 2. The third kappa shape index (κ3) is 2.76. The second-order valence-electron chi connectivity index (χ2n) is 5.92. The summed E-state index contributed by atoms with van der Waals surface area (Å²) in [5.74, 6) is 2.19. The molecule has 0 spiro atoms. The molecule has 0 bridgehead atoms. The molecule has 0 aliphatic carbocycles. The smallest absolute Gasteiger partial charge is 0.276 e. The first kappa shape index (κ1) is 14.8. The van der Waals surface area contributed by atoms with Gasteiger partial charge in [0.1, 0.15) is 5.69 Å². The average Bonchev–Trinajstić information content (AvgIpc) is 3.06. The van der Waals surface area contributed by atoms with Crippen LogP contribution in [0.25, 0.3) is 0 Å². The van der Waals surface area contributed by atoms with Gasteiger partial charge in [0.25, 0.3) is 5.56 Å². The summed E-state index contributed by atoms with van der Waals surface area (Å²) in [6.07, 6.45) is 1.40. The van der Waals surface area contributed by atoms with Crippen molar-refractivity contribution in [3.63, 3.8) is 0 Å². The molecule has 0 unspecified atom stereocenters. The zero-order valence-electron chi connectivity index (χ0n) is 13.2. The van der Waals surface area contributed by atoms with Crippen LogP contribution in [0.3, 0.4) is 0 Å². The normalized spacial score (nSPS) is 17.2. The minimum atomic E-state index is -0.289. The van der Waals surface area contributed by atoms with Gasteiger partial charge in [0.05, 0.1) is 6.33 Å². The van der Waals surface area contributed by atoms with Crippen LogP contribution in [-0.4, -0.2) is 47.8 Å². The Kier molecular flexibility index (Phi) is 3.73. The quantitative estimate of drug-likeness (QED) is 0.841. The van der Waals surface area contributed by atoms with E-state index >= 15 is 0 Å². The molecule has 1 fully saturated rings. The van der Waals surface area contributed by atoms with Gasteiger partial charge in [0.2, 0.25) is 6.79 Å².